The summed E-state index contributed by atoms with van der Waals surface area (Å²) < 4.78 is 5.37. The molecule has 3 fully saturated rings. The Hall–Kier alpha value is -1.05. The maximum atomic E-state index is 10.9. The molecule has 0 spiro atoms. The van der Waals surface area contributed by atoms with Gasteiger partial charge in [0, 0.05) is 6.42 Å². The van der Waals surface area contributed by atoms with Crippen LogP contribution in [0.25, 0.3) is 0 Å². The maximum absolute atomic E-state index is 10.9. The van der Waals surface area contributed by atoms with Crippen LogP contribution in [0.15, 0.2) is 23.8 Å². The van der Waals surface area contributed by atoms with Crippen molar-refractivity contribution in [3.8, 4) is 0 Å². The third-order valence-electron chi connectivity index (χ3n) is 10.8. The normalized spacial score (nSPS) is 44.2. The Kier molecular flexibility index (Phi) is 6.50. The molecule has 0 aromatic rings. The number of allylic oxidation sites excluding steroid dienone is 3. The Morgan fingerprint density at radius 1 is 1.00 bits per heavy atom. The summed E-state index contributed by atoms with van der Waals surface area (Å²) in [6.07, 6.45) is 17.8. The largest absolute Gasteiger partial charge is 0.464 e. The van der Waals surface area contributed by atoms with Crippen molar-refractivity contribution in [1.29, 1.82) is 0 Å². The van der Waals surface area contributed by atoms with Gasteiger partial charge in [-0.15, -0.1) is 0 Å². The standard InChI is InChI=1S/C29H46O2/c1-19(2)20(3)7-8-21(4)25-11-12-26-24-10-9-22-17-23(31-18-30)13-15-28(22,5)27(24)14-16-29(25,26)6/h7-9,18-21,23-27H,10-17H2,1-6H3/b8-7+/t20?,21-,23+,24+,25-,26+,27+,28+,29-/m1/s1. The van der Waals surface area contributed by atoms with Crippen molar-refractivity contribution in [2.75, 3.05) is 0 Å². The van der Waals surface area contributed by atoms with Crippen LogP contribution in [0.3, 0.4) is 0 Å². The van der Waals surface area contributed by atoms with Crippen LogP contribution in [0.5, 0.6) is 0 Å². The quantitative estimate of drug-likeness (QED) is 0.323. The van der Waals surface area contributed by atoms with Gasteiger partial charge in [0.05, 0.1) is 0 Å². The summed E-state index contributed by atoms with van der Waals surface area (Å²) in [5.74, 6) is 5.48. The van der Waals surface area contributed by atoms with E-state index in [0.717, 1.165) is 42.4 Å². The van der Waals surface area contributed by atoms with E-state index in [1.165, 1.54) is 38.5 Å². The second-order valence-corrected chi connectivity index (χ2v) is 12.4. The van der Waals surface area contributed by atoms with Gasteiger partial charge in [-0.05, 0) is 97.2 Å². The van der Waals surface area contributed by atoms with Gasteiger partial charge in [0.1, 0.15) is 6.10 Å². The molecule has 0 bridgehead atoms. The molecule has 9 atom stereocenters. The van der Waals surface area contributed by atoms with Crippen molar-refractivity contribution >= 4 is 6.47 Å². The molecule has 0 aliphatic heterocycles. The number of fused-ring (bicyclic) bond motifs is 5. The SMILES string of the molecule is CC(C)C(C)/C=C/[C@@H](C)[C@H]1CC[C@H]2[C@@H]3CC=C4C[C@@H](OC=O)CC[C@]4(C)[C@H]3CC[C@]12C. The summed E-state index contributed by atoms with van der Waals surface area (Å²) >= 11 is 0. The van der Waals surface area contributed by atoms with Crippen LogP contribution in [0, 0.1) is 52.3 Å². The second-order valence-electron chi connectivity index (χ2n) is 12.4. The Morgan fingerprint density at radius 2 is 1.77 bits per heavy atom. The second kappa shape index (κ2) is 8.71. The molecule has 0 radical (unpaired) electrons. The highest BCUT2D eigenvalue weighted by Gasteiger charge is 2.59. The van der Waals surface area contributed by atoms with Crippen LogP contribution in [-0.2, 0) is 9.53 Å². The summed E-state index contributed by atoms with van der Waals surface area (Å²) in [6, 6.07) is 0. The monoisotopic (exact) mass is 426 g/mol. The summed E-state index contributed by atoms with van der Waals surface area (Å²) in [6.45, 7) is 15.4. The number of carbonyl (C=O) groups excluding carboxylic acids is 1. The first-order chi connectivity index (χ1) is 14.7. The molecule has 174 valence electrons. The predicted octanol–water partition coefficient (Wildman–Crippen LogP) is 7.59. The molecule has 1 unspecified atom stereocenters. The lowest BCUT2D eigenvalue weighted by Crippen LogP contribution is -2.50. The number of rotatable bonds is 6. The number of carbonyl (C=O) groups is 1. The van der Waals surface area contributed by atoms with E-state index in [1.807, 2.05) is 0 Å². The zero-order valence-electron chi connectivity index (χ0n) is 20.9. The first kappa shape index (κ1) is 23.1. The van der Waals surface area contributed by atoms with E-state index < -0.39 is 0 Å². The Balaban J connectivity index is 1.51. The molecule has 0 aromatic carbocycles. The van der Waals surface area contributed by atoms with Gasteiger partial charge in [-0.1, -0.05) is 65.3 Å². The van der Waals surface area contributed by atoms with E-state index in [0.29, 0.717) is 29.1 Å². The van der Waals surface area contributed by atoms with Crippen molar-refractivity contribution in [2.45, 2.75) is 99.0 Å². The van der Waals surface area contributed by atoms with E-state index in [2.05, 4.69) is 59.8 Å². The number of hydrogen-bond donors (Lipinski definition) is 0. The summed E-state index contributed by atoms with van der Waals surface area (Å²) in [5.41, 5.74) is 2.44. The van der Waals surface area contributed by atoms with Gasteiger partial charge in [0.2, 0.25) is 0 Å². The molecule has 0 saturated heterocycles. The van der Waals surface area contributed by atoms with Crippen LogP contribution in [0.4, 0.5) is 0 Å². The first-order valence-electron chi connectivity index (χ1n) is 13.2. The van der Waals surface area contributed by atoms with E-state index in [1.54, 1.807) is 5.57 Å². The maximum Gasteiger partial charge on any atom is 0.293 e. The molecule has 4 rings (SSSR count). The minimum atomic E-state index is 0.110. The molecule has 0 amide bonds. The van der Waals surface area contributed by atoms with Crippen molar-refractivity contribution in [1.82, 2.24) is 0 Å². The fraction of sp³-hybridized carbons (Fsp3) is 0.828. The van der Waals surface area contributed by atoms with Crippen LogP contribution < -0.4 is 0 Å². The average Bonchev–Trinajstić information content (AvgIpc) is 3.09. The smallest absolute Gasteiger partial charge is 0.293 e. The minimum Gasteiger partial charge on any atom is -0.464 e. The Labute approximate surface area is 191 Å². The fourth-order valence-electron chi connectivity index (χ4n) is 8.43. The third-order valence-corrected chi connectivity index (χ3v) is 10.8. The average molecular weight is 427 g/mol. The van der Waals surface area contributed by atoms with Crippen LogP contribution >= 0.6 is 0 Å². The van der Waals surface area contributed by atoms with Gasteiger partial charge >= 0.3 is 0 Å². The third kappa shape index (κ3) is 3.95. The molecule has 4 aliphatic carbocycles. The van der Waals surface area contributed by atoms with Gasteiger partial charge < -0.3 is 4.74 Å². The number of ether oxygens (including phenoxy) is 1. The van der Waals surface area contributed by atoms with Crippen molar-refractivity contribution in [2.24, 2.45) is 52.3 Å². The predicted molar refractivity (Wildman–Crippen MR) is 128 cm³/mol. The van der Waals surface area contributed by atoms with E-state index in [9.17, 15) is 4.79 Å². The molecule has 0 N–H and O–H groups in total. The minimum absolute atomic E-state index is 0.110. The van der Waals surface area contributed by atoms with Gasteiger partial charge in [-0.25, -0.2) is 0 Å². The van der Waals surface area contributed by atoms with Crippen LogP contribution in [0.1, 0.15) is 92.9 Å². The molecular formula is C29H46O2. The lowest BCUT2D eigenvalue weighted by atomic mass is 9.47. The van der Waals surface area contributed by atoms with Crippen molar-refractivity contribution in [3.05, 3.63) is 23.8 Å². The zero-order chi connectivity index (χ0) is 22.4. The molecule has 4 aliphatic rings. The van der Waals surface area contributed by atoms with Crippen molar-refractivity contribution in [3.63, 3.8) is 0 Å². The van der Waals surface area contributed by atoms with Gasteiger partial charge in [0.15, 0.2) is 0 Å². The molecule has 0 heterocycles. The zero-order valence-corrected chi connectivity index (χ0v) is 20.9. The Morgan fingerprint density at radius 3 is 2.48 bits per heavy atom. The van der Waals surface area contributed by atoms with Gasteiger partial charge in [0.25, 0.3) is 6.47 Å². The van der Waals surface area contributed by atoms with Crippen LogP contribution in [-0.4, -0.2) is 12.6 Å². The van der Waals surface area contributed by atoms with Crippen LogP contribution in [0.2, 0.25) is 0 Å². The molecule has 31 heavy (non-hydrogen) atoms. The first-order valence-corrected chi connectivity index (χ1v) is 13.2. The summed E-state index contributed by atoms with van der Waals surface area (Å²) in [4.78, 5) is 10.9. The lowest BCUT2D eigenvalue weighted by molar-refractivity contribution is -0.136. The molecule has 0 aromatic heterocycles. The topological polar surface area (TPSA) is 26.3 Å². The Bertz CT molecular complexity index is 720. The lowest BCUT2D eigenvalue weighted by Gasteiger charge is -2.58. The van der Waals surface area contributed by atoms with Crippen molar-refractivity contribution < 1.29 is 9.53 Å². The highest BCUT2D eigenvalue weighted by atomic mass is 16.5. The molecule has 3 saturated carbocycles. The fourth-order valence-corrected chi connectivity index (χ4v) is 8.43. The summed E-state index contributed by atoms with van der Waals surface area (Å²) in [5, 5.41) is 0. The molecule has 2 heteroatoms. The highest BCUT2D eigenvalue weighted by molar-refractivity contribution is 5.38. The van der Waals surface area contributed by atoms with Gasteiger partial charge in [-0.3, -0.25) is 4.79 Å². The highest BCUT2D eigenvalue weighted by Crippen LogP contribution is 2.67. The van der Waals surface area contributed by atoms with E-state index >= 15 is 0 Å². The molecular weight excluding hydrogens is 380 g/mol. The van der Waals surface area contributed by atoms with Gasteiger partial charge in [-0.2, -0.15) is 0 Å². The summed E-state index contributed by atoms with van der Waals surface area (Å²) in [7, 11) is 0. The van der Waals surface area contributed by atoms with E-state index in [-0.39, 0.29) is 6.10 Å². The van der Waals surface area contributed by atoms with E-state index in [4.69, 9.17) is 4.74 Å². The molecule has 2 nitrogen and oxygen atoms in total. The number of hydrogen-bond acceptors (Lipinski definition) is 2.